The zero-order valence-corrected chi connectivity index (χ0v) is 25.7. The van der Waals surface area contributed by atoms with E-state index in [2.05, 4.69) is 10.2 Å². The van der Waals surface area contributed by atoms with Crippen molar-refractivity contribution in [2.45, 2.75) is 69.7 Å². The molecule has 3 fully saturated rings. The van der Waals surface area contributed by atoms with Crippen LogP contribution in [0.5, 0.6) is 0 Å². The predicted octanol–water partition coefficient (Wildman–Crippen LogP) is 5.96. The number of rotatable bonds is 8. The summed E-state index contributed by atoms with van der Waals surface area (Å²) in [6, 6.07) is 14.5. The molecule has 4 aliphatic rings. The molecule has 1 saturated carbocycles. The fourth-order valence-corrected chi connectivity index (χ4v) is 7.54. The summed E-state index contributed by atoms with van der Waals surface area (Å²) in [5.41, 5.74) is 2.97. The molecule has 3 aromatic rings. The number of carbonyl (C=O) groups is 2. The third kappa shape index (κ3) is 6.07. The number of aliphatic hydroxyl groups is 1. The van der Waals surface area contributed by atoms with Crippen LogP contribution in [0.3, 0.4) is 0 Å². The molecule has 2 aliphatic carbocycles. The Morgan fingerprint density at radius 3 is 2.50 bits per heavy atom. The molecule has 11 heteroatoms. The number of hydrogen-bond donors (Lipinski definition) is 2. The van der Waals surface area contributed by atoms with Crippen molar-refractivity contribution in [3.8, 4) is 0 Å². The molecular weight excluding hydrogens is 597 g/mol. The second-order valence-corrected chi connectivity index (χ2v) is 13.3. The number of hydrogen-bond acceptors (Lipinski definition) is 6. The maximum absolute atomic E-state index is 13.9. The van der Waals surface area contributed by atoms with Crippen molar-refractivity contribution >= 4 is 28.6 Å². The topological polar surface area (TPSA) is 95.0 Å². The highest BCUT2D eigenvalue weighted by molar-refractivity contribution is 5.98. The minimum Gasteiger partial charge on any atom is -0.447 e. The first-order valence-electron chi connectivity index (χ1n) is 16.3. The second-order valence-electron chi connectivity index (χ2n) is 13.3. The fraction of sp³-hybridized carbons (Fsp3) is 0.514. The van der Waals surface area contributed by atoms with Gasteiger partial charge in [0.15, 0.2) is 0 Å². The number of halogens is 3. The number of piperidine rings is 1. The van der Waals surface area contributed by atoms with Gasteiger partial charge in [-0.3, -0.25) is 14.7 Å². The van der Waals surface area contributed by atoms with Gasteiger partial charge in [0.05, 0.1) is 29.6 Å². The Labute approximate surface area is 265 Å². The smallest absolute Gasteiger partial charge is 0.414 e. The Morgan fingerprint density at radius 1 is 1.07 bits per heavy atom. The normalized spacial score (nSPS) is 22.4. The van der Waals surface area contributed by atoms with E-state index in [1.54, 1.807) is 17.0 Å². The minimum atomic E-state index is -4.18. The Balaban J connectivity index is 1.10. The average Bonchev–Trinajstić information content (AvgIpc) is 3.77. The molecule has 244 valence electrons. The number of aryl methyl sites for hydroxylation is 1. The molecule has 2 aromatic carbocycles. The van der Waals surface area contributed by atoms with Gasteiger partial charge in [0.1, 0.15) is 6.61 Å². The molecule has 2 N–H and O–H groups in total. The maximum atomic E-state index is 13.9. The van der Waals surface area contributed by atoms with Crippen LogP contribution >= 0.6 is 0 Å². The van der Waals surface area contributed by atoms with E-state index in [4.69, 9.17) is 9.72 Å². The summed E-state index contributed by atoms with van der Waals surface area (Å²) >= 11 is 0. The van der Waals surface area contributed by atoms with Crippen molar-refractivity contribution in [3.63, 3.8) is 0 Å². The summed E-state index contributed by atoms with van der Waals surface area (Å²) in [5, 5.41) is 13.9. The summed E-state index contributed by atoms with van der Waals surface area (Å²) < 4.78 is 46.7. The first kappa shape index (κ1) is 30.9. The highest BCUT2D eigenvalue weighted by Gasteiger charge is 2.66. The first-order chi connectivity index (χ1) is 22.1. The molecule has 3 heterocycles. The third-order valence-corrected chi connectivity index (χ3v) is 10.5. The average molecular weight is 637 g/mol. The quantitative estimate of drug-likeness (QED) is 0.317. The zero-order chi connectivity index (χ0) is 32.1. The number of cyclic esters (lactones) is 1. The van der Waals surface area contributed by atoms with Crippen LogP contribution in [0.4, 0.5) is 23.7 Å². The number of carbonyl (C=O) groups excluding carboxylic acids is 2. The standard InChI is InChI=1S/C35H39F3N4O4/c36-35(37,38)34(12-13-34)26-4-8-30-25(21-26)20-24-19-23(3-7-29(24)39-30)32(44)40-31(11-16-41-14-9-28(43)10-15-41)22-1-5-27(6-2-22)42-17-18-46-33(42)45/h1-3,5-7,19-20,26,28,31,43H,4,8-18,21H2,(H,40,44)/t26?,31-/m1/s1. The molecule has 2 amide bonds. The van der Waals surface area contributed by atoms with Crippen LogP contribution in [0.2, 0.25) is 0 Å². The minimum absolute atomic E-state index is 0.205. The van der Waals surface area contributed by atoms with Crippen LogP contribution < -0.4 is 10.2 Å². The van der Waals surface area contributed by atoms with E-state index in [1.165, 1.54) is 0 Å². The highest BCUT2D eigenvalue weighted by Crippen LogP contribution is 2.64. The lowest BCUT2D eigenvalue weighted by atomic mass is 9.75. The molecule has 2 saturated heterocycles. The molecule has 7 rings (SSSR count). The second kappa shape index (κ2) is 12.2. The highest BCUT2D eigenvalue weighted by atomic mass is 19.4. The van der Waals surface area contributed by atoms with Gasteiger partial charge in [0, 0.05) is 42.0 Å². The van der Waals surface area contributed by atoms with Gasteiger partial charge < -0.3 is 20.1 Å². The van der Waals surface area contributed by atoms with E-state index in [-0.39, 0.29) is 37.0 Å². The molecular formula is C35H39F3N4O4. The number of aliphatic hydroxyl groups excluding tert-OH is 1. The summed E-state index contributed by atoms with van der Waals surface area (Å²) in [4.78, 5) is 34.4. The van der Waals surface area contributed by atoms with E-state index in [0.29, 0.717) is 44.4 Å². The van der Waals surface area contributed by atoms with Crippen molar-refractivity contribution in [2.75, 3.05) is 37.7 Å². The zero-order valence-electron chi connectivity index (χ0n) is 25.7. The van der Waals surface area contributed by atoms with E-state index in [0.717, 1.165) is 65.9 Å². The summed E-state index contributed by atoms with van der Waals surface area (Å²) in [6.07, 6.45) is -0.931. The summed E-state index contributed by atoms with van der Waals surface area (Å²) in [7, 11) is 0. The first-order valence-corrected chi connectivity index (χ1v) is 16.3. The molecule has 1 aromatic heterocycles. The lowest BCUT2D eigenvalue weighted by Gasteiger charge is -2.33. The number of likely N-dealkylation sites (tertiary alicyclic amines) is 1. The van der Waals surface area contributed by atoms with Crippen LogP contribution in [0.15, 0.2) is 48.5 Å². The number of ether oxygens (including phenoxy) is 1. The van der Waals surface area contributed by atoms with E-state index in [1.807, 2.05) is 36.4 Å². The van der Waals surface area contributed by atoms with Crippen molar-refractivity contribution in [2.24, 2.45) is 11.3 Å². The number of alkyl halides is 3. The molecule has 2 atom stereocenters. The van der Waals surface area contributed by atoms with Gasteiger partial charge in [-0.1, -0.05) is 12.1 Å². The summed E-state index contributed by atoms with van der Waals surface area (Å²) in [5.74, 6) is -0.685. The van der Waals surface area contributed by atoms with Gasteiger partial charge in [0.25, 0.3) is 5.91 Å². The number of anilines is 1. The van der Waals surface area contributed by atoms with E-state index < -0.39 is 17.5 Å². The Kier molecular flexibility index (Phi) is 8.17. The molecule has 1 unspecified atom stereocenters. The SMILES string of the molecule is O=C(N[C@H](CCN1CCC(O)CC1)c1ccc(N2CCOC2=O)cc1)c1ccc2nc3c(cc2c1)CC(C1(C(F)(F)F)CC1)CC3. The monoisotopic (exact) mass is 636 g/mol. The van der Waals surface area contributed by atoms with Crippen molar-refractivity contribution in [3.05, 3.63) is 70.9 Å². The molecule has 0 spiro atoms. The van der Waals surface area contributed by atoms with Gasteiger partial charge in [-0.25, -0.2) is 4.79 Å². The molecule has 2 aliphatic heterocycles. The van der Waals surface area contributed by atoms with Crippen molar-refractivity contribution < 1.29 is 32.6 Å². The lowest BCUT2D eigenvalue weighted by Crippen LogP contribution is -2.38. The molecule has 0 radical (unpaired) electrons. The van der Waals surface area contributed by atoms with Gasteiger partial charge in [-0.15, -0.1) is 0 Å². The Hall–Kier alpha value is -3.70. The largest absolute Gasteiger partial charge is 0.447 e. The number of fused-ring (bicyclic) bond motifs is 2. The van der Waals surface area contributed by atoms with Gasteiger partial charge in [-0.05, 0) is 105 Å². The molecule has 0 bridgehead atoms. The van der Waals surface area contributed by atoms with Crippen molar-refractivity contribution in [1.82, 2.24) is 15.2 Å². The number of nitrogens with one attached hydrogen (secondary N) is 1. The number of benzene rings is 2. The van der Waals surface area contributed by atoms with Crippen LogP contribution in [-0.4, -0.2) is 72.1 Å². The Bertz CT molecular complexity index is 1620. The molecule has 46 heavy (non-hydrogen) atoms. The van der Waals surface area contributed by atoms with Crippen LogP contribution in [0.25, 0.3) is 10.9 Å². The lowest BCUT2D eigenvalue weighted by molar-refractivity contribution is -0.204. The van der Waals surface area contributed by atoms with E-state index in [9.17, 15) is 27.9 Å². The van der Waals surface area contributed by atoms with Gasteiger partial charge in [-0.2, -0.15) is 13.2 Å². The molecule has 8 nitrogen and oxygen atoms in total. The maximum Gasteiger partial charge on any atom is 0.414 e. The van der Waals surface area contributed by atoms with Crippen LogP contribution in [-0.2, 0) is 17.6 Å². The fourth-order valence-electron chi connectivity index (χ4n) is 7.54. The van der Waals surface area contributed by atoms with Crippen LogP contribution in [0.1, 0.15) is 71.7 Å². The van der Waals surface area contributed by atoms with Gasteiger partial charge >= 0.3 is 12.3 Å². The number of nitrogens with zero attached hydrogens (tertiary/aromatic N) is 3. The summed E-state index contributed by atoms with van der Waals surface area (Å²) in [6.45, 7) is 3.17. The van der Waals surface area contributed by atoms with Crippen molar-refractivity contribution in [1.29, 1.82) is 0 Å². The Morgan fingerprint density at radius 2 is 1.83 bits per heavy atom. The van der Waals surface area contributed by atoms with Gasteiger partial charge in [0.2, 0.25) is 0 Å². The number of aromatic nitrogens is 1. The predicted molar refractivity (Wildman–Crippen MR) is 167 cm³/mol. The van der Waals surface area contributed by atoms with E-state index >= 15 is 0 Å². The van der Waals surface area contributed by atoms with Crippen LogP contribution in [0, 0.1) is 11.3 Å². The number of amides is 2. The number of pyridine rings is 1. The third-order valence-electron chi connectivity index (χ3n) is 10.5.